The number of esters is 1. The van der Waals surface area contributed by atoms with Gasteiger partial charge in [-0.05, 0) is 13.0 Å². The van der Waals surface area contributed by atoms with Crippen LogP contribution in [0, 0.1) is 0 Å². The second-order valence-corrected chi connectivity index (χ2v) is 3.23. The number of hydrogen-bond acceptors (Lipinski definition) is 5. The highest BCUT2D eigenvalue weighted by atomic mass is 16.5. The number of rotatable bonds is 5. The Bertz CT molecular complexity index is 384. The normalized spacial score (nSPS) is 12.1. The molecule has 0 aliphatic heterocycles. The van der Waals surface area contributed by atoms with Gasteiger partial charge in [-0.3, -0.25) is 10.1 Å². The van der Waals surface area contributed by atoms with Crippen molar-refractivity contribution >= 4 is 11.9 Å². The van der Waals surface area contributed by atoms with Crippen LogP contribution in [0.15, 0.2) is 16.7 Å². The zero-order valence-corrected chi connectivity index (χ0v) is 9.02. The molecule has 16 heavy (non-hydrogen) atoms. The molecule has 0 bridgehead atoms. The average Bonchev–Trinajstić information content (AvgIpc) is 2.73. The van der Waals surface area contributed by atoms with Crippen molar-refractivity contribution in [3.63, 3.8) is 0 Å². The van der Waals surface area contributed by atoms with Gasteiger partial charge in [-0.1, -0.05) is 0 Å². The molecule has 0 spiro atoms. The lowest BCUT2D eigenvalue weighted by atomic mass is 10.3. The molecule has 0 saturated carbocycles. The lowest BCUT2D eigenvalue weighted by molar-refractivity contribution is -0.142. The molecule has 6 nitrogen and oxygen atoms in total. The third-order valence-electron chi connectivity index (χ3n) is 2.04. The van der Waals surface area contributed by atoms with E-state index in [0.29, 0.717) is 5.76 Å². The third-order valence-corrected chi connectivity index (χ3v) is 2.04. The van der Waals surface area contributed by atoms with Crippen LogP contribution in [-0.2, 0) is 16.1 Å². The first kappa shape index (κ1) is 12.3. The first-order chi connectivity index (χ1) is 7.54. The first-order valence-electron chi connectivity index (χ1n) is 4.66. The quantitative estimate of drug-likeness (QED) is 0.717. The van der Waals surface area contributed by atoms with Crippen LogP contribution in [-0.4, -0.2) is 30.2 Å². The van der Waals surface area contributed by atoms with E-state index < -0.39 is 12.0 Å². The molecule has 1 aromatic heterocycles. The van der Waals surface area contributed by atoms with Crippen LogP contribution in [0.1, 0.15) is 23.0 Å². The lowest BCUT2D eigenvalue weighted by Crippen LogP contribution is -2.34. The third kappa shape index (κ3) is 3.09. The molecule has 0 amide bonds. The molecule has 1 aromatic rings. The molecule has 1 atom stereocenters. The summed E-state index contributed by atoms with van der Waals surface area (Å²) in [6.45, 7) is 1.91. The van der Waals surface area contributed by atoms with Gasteiger partial charge in [0, 0.05) is 0 Å². The number of carboxylic acid groups (broad SMARTS) is 1. The summed E-state index contributed by atoms with van der Waals surface area (Å²) in [5.41, 5.74) is 0.0857. The highest BCUT2D eigenvalue weighted by molar-refractivity contribution is 5.87. The molecule has 0 aromatic carbocycles. The summed E-state index contributed by atoms with van der Waals surface area (Å²) in [7, 11) is 1.30. The van der Waals surface area contributed by atoms with Crippen molar-refractivity contribution < 1.29 is 23.8 Å². The second kappa shape index (κ2) is 5.32. The summed E-state index contributed by atoms with van der Waals surface area (Å²) in [6.07, 6.45) is 1.15. The molecule has 6 heteroatoms. The fourth-order valence-electron chi connectivity index (χ4n) is 1.10. The summed E-state index contributed by atoms with van der Waals surface area (Å²) < 4.78 is 9.51. The van der Waals surface area contributed by atoms with E-state index in [-0.39, 0.29) is 18.1 Å². The van der Waals surface area contributed by atoms with Gasteiger partial charge in [0.05, 0.1) is 19.2 Å². The van der Waals surface area contributed by atoms with Crippen molar-refractivity contribution in [3.05, 3.63) is 23.7 Å². The van der Waals surface area contributed by atoms with Crippen molar-refractivity contribution in [2.45, 2.75) is 19.5 Å². The topological polar surface area (TPSA) is 88.8 Å². The zero-order chi connectivity index (χ0) is 12.1. The van der Waals surface area contributed by atoms with E-state index in [4.69, 9.17) is 9.52 Å². The number of methoxy groups -OCH3 is 1. The summed E-state index contributed by atoms with van der Waals surface area (Å²) >= 11 is 0. The van der Waals surface area contributed by atoms with Gasteiger partial charge in [0.1, 0.15) is 18.1 Å². The Morgan fingerprint density at radius 2 is 2.31 bits per heavy atom. The number of carbonyl (C=O) groups is 2. The SMILES string of the molecule is COC(=O)[C@H](C)NCc1cc(C(=O)O)co1. The fourth-order valence-corrected chi connectivity index (χ4v) is 1.10. The predicted molar refractivity (Wildman–Crippen MR) is 54.0 cm³/mol. The van der Waals surface area contributed by atoms with Crippen LogP contribution >= 0.6 is 0 Å². The van der Waals surface area contributed by atoms with Crippen LogP contribution in [0.2, 0.25) is 0 Å². The Hall–Kier alpha value is -1.82. The molecule has 0 aliphatic rings. The Morgan fingerprint density at radius 1 is 1.62 bits per heavy atom. The summed E-state index contributed by atoms with van der Waals surface area (Å²) in [5.74, 6) is -0.978. The van der Waals surface area contributed by atoms with Crippen LogP contribution in [0.25, 0.3) is 0 Å². The Balaban J connectivity index is 2.48. The average molecular weight is 227 g/mol. The molecule has 1 heterocycles. The highest BCUT2D eigenvalue weighted by Gasteiger charge is 2.13. The monoisotopic (exact) mass is 227 g/mol. The van der Waals surface area contributed by atoms with Gasteiger partial charge in [-0.15, -0.1) is 0 Å². The number of ether oxygens (including phenoxy) is 1. The van der Waals surface area contributed by atoms with Crippen LogP contribution < -0.4 is 5.32 Å². The van der Waals surface area contributed by atoms with Gasteiger partial charge in [0.2, 0.25) is 0 Å². The van der Waals surface area contributed by atoms with Crippen molar-refractivity contribution in [1.29, 1.82) is 0 Å². The van der Waals surface area contributed by atoms with Gasteiger partial charge in [-0.25, -0.2) is 4.79 Å². The maximum Gasteiger partial charge on any atom is 0.338 e. The van der Waals surface area contributed by atoms with E-state index in [0.717, 1.165) is 6.26 Å². The van der Waals surface area contributed by atoms with E-state index in [1.54, 1.807) is 6.92 Å². The van der Waals surface area contributed by atoms with E-state index in [1.165, 1.54) is 13.2 Å². The molecule has 0 fully saturated rings. The van der Waals surface area contributed by atoms with E-state index >= 15 is 0 Å². The largest absolute Gasteiger partial charge is 0.478 e. The Labute approximate surface area is 92.2 Å². The van der Waals surface area contributed by atoms with Gasteiger partial charge >= 0.3 is 11.9 Å². The van der Waals surface area contributed by atoms with E-state index in [1.807, 2.05) is 0 Å². The van der Waals surface area contributed by atoms with Crippen LogP contribution in [0.5, 0.6) is 0 Å². The van der Waals surface area contributed by atoms with Gasteiger partial charge in [0.15, 0.2) is 0 Å². The number of carbonyl (C=O) groups excluding carboxylic acids is 1. The molecule has 0 aliphatic carbocycles. The van der Waals surface area contributed by atoms with Crippen molar-refractivity contribution in [1.82, 2.24) is 5.32 Å². The standard InChI is InChI=1S/C10H13NO5/c1-6(10(14)15-2)11-4-8-3-7(5-16-8)9(12)13/h3,5-6,11H,4H2,1-2H3,(H,12,13)/t6-/m0/s1. The molecule has 1 rings (SSSR count). The van der Waals surface area contributed by atoms with Crippen molar-refractivity contribution in [2.75, 3.05) is 7.11 Å². The number of hydrogen-bond donors (Lipinski definition) is 2. The molecule has 2 N–H and O–H groups in total. The van der Waals surface area contributed by atoms with Gasteiger partial charge in [-0.2, -0.15) is 0 Å². The fraction of sp³-hybridized carbons (Fsp3) is 0.400. The van der Waals surface area contributed by atoms with Crippen molar-refractivity contribution in [3.8, 4) is 0 Å². The second-order valence-electron chi connectivity index (χ2n) is 3.23. The number of aromatic carboxylic acids is 1. The molecular formula is C10H13NO5. The van der Waals surface area contributed by atoms with Gasteiger partial charge in [0.25, 0.3) is 0 Å². The minimum Gasteiger partial charge on any atom is -0.478 e. The van der Waals surface area contributed by atoms with Crippen molar-refractivity contribution in [2.24, 2.45) is 0 Å². The minimum atomic E-state index is -1.05. The first-order valence-corrected chi connectivity index (χ1v) is 4.66. The van der Waals surface area contributed by atoms with Gasteiger partial charge < -0.3 is 14.3 Å². The Kier molecular flexibility index (Phi) is 4.07. The number of nitrogens with one attached hydrogen (secondary N) is 1. The maximum atomic E-state index is 11.0. The summed E-state index contributed by atoms with van der Waals surface area (Å²) in [6, 6.07) is 0.933. The minimum absolute atomic E-state index is 0.0857. The summed E-state index contributed by atoms with van der Waals surface area (Å²) in [4.78, 5) is 21.6. The zero-order valence-electron chi connectivity index (χ0n) is 9.02. The predicted octanol–water partition coefficient (Wildman–Crippen LogP) is 0.629. The molecular weight excluding hydrogens is 214 g/mol. The molecule has 0 saturated heterocycles. The number of carboxylic acids is 1. The summed E-state index contributed by atoms with van der Waals surface area (Å²) in [5, 5.41) is 11.5. The maximum absolute atomic E-state index is 11.0. The molecule has 0 unspecified atom stereocenters. The van der Waals surface area contributed by atoms with E-state index in [2.05, 4.69) is 10.1 Å². The Morgan fingerprint density at radius 3 is 2.81 bits per heavy atom. The lowest BCUT2D eigenvalue weighted by Gasteiger charge is -2.09. The molecule has 0 radical (unpaired) electrons. The molecule has 88 valence electrons. The van der Waals surface area contributed by atoms with Crippen LogP contribution in [0.4, 0.5) is 0 Å². The number of furan rings is 1. The smallest absolute Gasteiger partial charge is 0.338 e. The van der Waals surface area contributed by atoms with E-state index in [9.17, 15) is 9.59 Å². The van der Waals surface area contributed by atoms with Crippen LogP contribution in [0.3, 0.4) is 0 Å². The highest BCUT2D eigenvalue weighted by Crippen LogP contribution is 2.07.